The largest absolute Gasteiger partial charge is 0.393 e. The zero-order valence-corrected chi connectivity index (χ0v) is 8.88. The Hall–Kier alpha value is -1.69. The lowest BCUT2D eigenvalue weighted by atomic mass is 9.89. The molecule has 0 spiro atoms. The molecule has 1 aromatic rings. The van der Waals surface area contributed by atoms with Gasteiger partial charge in [-0.1, -0.05) is 0 Å². The summed E-state index contributed by atoms with van der Waals surface area (Å²) in [6, 6.07) is 3.26. The summed E-state index contributed by atoms with van der Waals surface area (Å²) in [6.07, 6.45) is 1.19. The third kappa shape index (κ3) is 2.11. The Labute approximate surface area is 92.5 Å². The van der Waals surface area contributed by atoms with Crippen molar-refractivity contribution in [3.05, 3.63) is 27.9 Å². The molecule has 0 aliphatic heterocycles. The molecule has 0 unspecified atom stereocenters. The minimum absolute atomic E-state index is 0.0270. The Morgan fingerprint density at radius 3 is 2.75 bits per heavy atom. The van der Waals surface area contributed by atoms with Gasteiger partial charge in [0.1, 0.15) is 11.5 Å². The molecule has 1 heterocycles. The fourth-order valence-electron chi connectivity index (χ4n) is 1.74. The summed E-state index contributed by atoms with van der Waals surface area (Å²) in [6.45, 7) is 1.61. The van der Waals surface area contributed by atoms with Crippen molar-refractivity contribution >= 4 is 11.5 Å². The number of aromatic nitrogens is 1. The molecule has 0 saturated heterocycles. The molecule has 1 saturated carbocycles. The van der Waals surface area contributed by atoms with Gasteiger partial charge in [-0.3, -0.25) is 10.1 Å². The van der Waals surface area contributed by atoms with Crippen molar-refractivity contribution in [1.82, 2.24) is 4.98 Å². The van der Waals surface area contributed by atoms with Crippen molar-refractivity contribution in [1.29, 1.82) is 0 Å². The lowest BCUT2D eigenvalue weighted by Gasteiger charge is -2.32. The number of pyridine rings is 1. The zero-order valence-electron chi connectivity index (χ0n) is 8.88. The Balaban J connectivity index is 2.06. The monoisotopic (exact) mass is 223 g/mol. The van der Waals surface area contributed by atoms with Gasteiger partial charge in [0.05, 0.1) is 11.0 Å². The molecule has 0 atom stereocenters. The van der Waals surface area contributed by atoms with E-state index in [2.05, 4.69) is 10.3 Å². The summed E-state index contributed by atoms with van der Waals surface area (Å²) in [4.78, 5) is 14.2. The number of nitro groups is 1. The smallest absolute Gasteiger partial charge is 0.290 e. The molecule has 6 nitrogen and oxygen atoms in total. The number of anilines is 1. The topological polar surface area (TPSA) is 88.3 Å². The van der Waals surface area contributed by atoms with Crippen molar-refractivity contribution in [2.45, 2.75) is 31.9 Å². The predicted octanol–water partition coefficient (Wildman–Crippen LogP) is 1.23. The summed E-state index contributed by atoms with van der Waals surface area (Å²) in [5, 5.41) is 22.8. The van der Waals surface area contributed by atoms with E-state index in [1.165, 1.54) is 6.07 Å². The highest BCUT2D eigenvalue weighted by Crippen LogP contribution is 2.24. The van der Waals surface area contributed by atoms with Crippen molar-refractivity contribution in [3.63, 3.8) is 0 Å². The molecule has 0 amide bonds. The van der Waals surface area contributed by atoms with Crippen LogP contribution in [0.1, 0.15) is 18.5 Å². The fourth-order valence-corrected chi connectivity index (χ4v) is 1.74. The highest BCUT2D eigenvalue weighted by atomic mass is 16.6. The number of nitrogens with one attached hydrogen (secondary N) is 1. The second-order valence-electron chi connectivity index (χ2n) is 4.02. The maximum Gasteiger partial charge on any atom is 0.290 e. The standard InChI is InChI=1S/C10H13N3O3/c1-6-9(13(15)16)2-3-10(11-6)12-7-4-8(14)5-7/h2-3,7-8,14H,4-5H2,1H3,(H,11,12). The van der Waals surface area contributed by atoms with Crippen LogP contribution in [0.2, 0.25) is 0 Å². The van der Waals surface area contributed by atoms with Crippen molar-refractivity contribution in [2.75, 3.05) is 5.32 Å². The molecule has 1 aliphatic rings. The molecule has 0 aromatic carbocycles. The van der Waals surface area contributed by atoms with Crippen LogP contribution >= 0.6 is 0 Å². The van der Waals surface area contributed by atoms with E-state index in [4.69, 9.17) is 5.11 Å². The SMILES string of the molecule is Cc1nc(NC2CC(O)C2)ccc1[N+](=O)[O-]. The molecule has 1 aliphatic carbocycles. The van der Waals surface area contributed by atoms with Crippen LogP contribution in [-0.4, -0.2) is 27.2 Å². The van der Waals surface area contributed by atoms with Crippen LogP contribution in [0.5, 0.6) is 0 Å². The van der Waals surface area contributed by atoms with E-state index in [0.717, 1.165) is 0 Å². The van der Waals surface area contributed by atoms with Gasteiger partial charge in [0.15, 0.2) is 0 Å². The predicted molar refractivity (Wildman–Crippen MR) is 58.3 cm³/mol. The maximum atomic E-state index is 10.6. The highest BCUT2D eigenvalue weighted by Gasteiger charge is 2.27. The lowest BCUT2D eigenvalue weighted by Crippen LogP contribution is -2.39. The molecule has 86 valence electrons. The first-order valence-corrected chi connectivity index (χ1v) is 5.13. The second kappa shape index (κ2) is 4.05. The molecule has 0 bridgehead atoms. The molecule has 6 heteroatoms. The van der Waals surface area contributed by atoms with Crippen LogP contribution in [0.15, 0.2) is 12.1 Å². The number of aryl methyl sites for hydroxylation is 1. The Bertz CT molecular complexity index is 416. The van der Waals surface area contributed by atoms with E-state index in [1.54, 1.807) is 13.0 Å². The Morgan fingerprint density at radius 1 is 1.56 bits per heavy atom. The normalized spacial score (nSPS) is 23.6. The molecule has 1 fully saturated rings. The average Bonchev–Trinajstić information content (AvgIpc) is 2.15. The summed E-state index contributed by atoms with van der Waals surface area (Å²) in [5.74, 6) is 0.625. The Kier molecular flexibility index (Phi) is 2.74. The van der Waals surface area contributed by atoms with E-state index in [0.29, 0.717) is 24.4 Å². The minimum Gasteiger partial charge on any atom is -0.393 e. The maximum absolute atomic E-state index is 10.6. The van der Waals surface area contributed by atoms with E-state index >= 15 is 0 Å². The van der Waals surface area contributed by atoms with Crippen molar-refractivity contribution in [2.24, 2.45) is 0 Å². The molecular weight excluding hydrogens is 210 g/mol. The van der Waals surface area contributed by atoms with Crippen molar-refractivity contribution in [3.8, 4) is 0 Å². The van der Waals surface area contributed by atoms with Crippen LogP contribution in [0.4, 0.5) is 11.5 Å². The van der Waals surface area contributed by atoms with Gasteiger partial charge < -0.3 is 10.4 Å². The third-order valence-electron chi connectivity index (χ3n) is 2.72. The van der Waals surface area contributed by atoms with Crippen LogP contribution in [-0.2, 0) is 0 Å². The molecule has 1 aromatic heterocycles. The first-order valence-electron chi connectivity index (χ1n) is 5.13. The molecule has 2 N–H and O–H groups in total. The molecule has 16 heavy (non-hydrogen) atoms. The zero-order chi connectivity index (χ0) is 11.7. The number of aliphatic hydroxyl groups excluding tert-OH is 1. The molecule has 2 rings (SSSR count). The minimum atomic E-state index is -0.445. The summed E-state index contributed by atoms with van der Waals surface area (Å²) in [5.41, 5.74) is 0.425. The van der Waals surface area contributed by atoms with Gasteiger partial charge in [-0.25, -0.2) is 4.98 Å². The van der Waals surface area contributed by atoms with Gasteiger partial charge in [0.25, 0.3) is 5.69 Å². The van der Waals surface area contributed by atoms with Crippen LogP contribution in [0.25, 0.3) is 0 Å². The third-order valence-corrected chi connectivity index (χ3v) is 2.72. The van der Waals surface area contributed by atoms with E-state index in [1.807, 2.05) is 0 Å². The van der Waals surface area contributed by atoms with Gasteiger partial charge in [-0.2, -0.15) is 0 Å². The van der Waals surface area contributed by atoms with Crippen LogP contribution < -0.4 is 5.32 Å². The van der Waals surface area contributed by atoms with Crippen molar-refractivity contribution < 1.29 is 10.0 Å². The number of nitrogens with zero attached hydrogens (tertiary/aromatic N) is 2. The van der Waals surface area contributed by atoms with Crippen LogP contribution in [0.3, 0.4) is 0 Å². The number of rotatable bonds is 3. The average molecular weight is 223 g/mol. The summed E-state index contributed by atoms with van der Waals surface area (Å²) >= 11 is 0. The van der Waals surface area contributed by atoms with Gasteiger partial charge >= 0.3 is 0 Å². The first kappa shape index (κ1) is 10.8. The van der Waals surface area contributed by atoms with Gasteiger partial charge in [-0.05, 0) is 25.8 Å². The lowest BCUT2D eigenvalue weighted by molar-refractivity contribution is -0.385. The second-order valence-corrected chi connectivity index (χ2v) is 4.02. The Morgan fingerprint density at radius 2 is 2.25 bits per heavy atom. The van der Waals surface area contributed by atoms with E-state index < -0.39 is 4.92 Å². The summed E-state index contributed by atoms with van der Waals surface area (Å²) in [7, 11) is 0. The van der Waals surface area contributed by atoms with Gasteiger partial charge in [0.2, 0.25) is 0 Å². The van der Waals surface area contributed by atoms with E-state index in [9.17, 15) is 10.1 Å². The van der Waals surface area contributed by atoms with E-state index in [-0.39, 0.29) is 17.8 Å². The molecular formula is C10H13N3O3. The quantitative estimate of drug-likeness (QED) is 0.594. The number of hydrogen-bond donors (Lipinski definition) is 2. The van der Waals surface area contributed by atoms with Gasteiger partial charge in [-0.15, -0.1) is 0 Å². The van der Waals surface area contributed by atoms with Crippen LogP contribution in [0, 0.1) is 17.0 Å². The van der Waals surface area contributed by atoms with Gasteiger partial charge in [0, 0.05) is 12.1 Å². The molecule has 0 radical (unpaired) electrons. The highest BCUT2D eigenvalue weighted by molar-refractivity contribution is 5.45. The number of hydrogen-bond acceptors (Lipinski definition) is 5. The fraction of sp³-hybridized carbons (Fsp3) is 0.500. The first-order chi connectivity index (χ1) is 7.56. The number of aliphatic hydroxyl groups is 1. The summed E-state index contributed by atoms with van der Waals surface area (Å²) < 4.78 is 0.